The summed E-state index contributed by atoms with van der Waals surface area (Å²) in [5.41, 5.74) is 2.59. The van der Waals surface area contributed by atoms with Crippen LogP contribution in [0.15, 0.2) is 77.7 Å². The molecule has 0 spiro atoms. The highest BCUT2D eigenvalue weighted by atomic mass is 32.2. The van der Waals surface area contributed by atoms with Crippen molar-refractivity contribution in [3.05, 3.63) is 89.5 Å². The molecule has 0 radical (unpaired) electrons. The summed E-state index contributed by atoms with van der Waals surface area (Å²) in [7, 11) is -4.37. The lowest BCUT2D eigenvalue weighted by Crippen LogP contribution is -2.47. The molecule has 0 aliphatic heterocycles. The molecular weight excluding hydrogens is 590 g/mol. The van der Waals surface area contributed by atoms with Gasteiger partial charge in [0.25, 0.3) is 0 Å². The lowest BCUT2D eigenvalue weighted by atomic mass is 10.0. The molecule has 240 valence electrons. The summed E-state index contributed by atoms with van der Waals surface area (Å²) in [5.74, 6) is -1.68. The highest BCUT2D eigenvalue weighted by Crippen LogP contribution is 2.37. The second kappa shape index (κ2) is 16.5. The highest BCUT2D eigenvalue weighted by molar-refractivity contribution is 7.89. The van der Waals surface area contributed by atoms with Crippen LogP contribution in [-0.2, 0) is 29.1 Å². The minimum absolute atomic E-state index is 0.00341. The molecule has 0 saturated heterocycles. The summed E-state index contributed by atoms with van der Waals surface area (Å²) in [6, 6.07) is 18.4. The first-order valence-electron chi connectivity index (χ1n) is 16.0. The van der Waals surface area contributed by atoms with E-state index in [0.717, 1.165) is 24.8 Å². The van der Waals surface area contributed by atoms with Crippen LogP contribution < -0.4 is 4.72 Å². The predicted molar refractivity (Wildman–Crippen MR) is 173 cm³/mol. The molecule has 0 bridgehead atoms. The molecule has 8 nitrogen and oxygen atoms in total. The third kappa shape index (κ3) is 8.89. The monoisotopic (exact) mass is 633 g/mol. The third-order valence-corrected chi connectivity index (χ3v) is 9.44. The Morgan fingerprint density at radius 1 is 0.733 bits per heavy atom. The Morgan fingerprint density at radius 3 is 2.00 bits per heavy atom. The molecule has 9 heteroatoms. The van der Waals surface area contributed by atoms with E-state index in [4.69, 9.17) is 9.47 Å². The molecule has 0 aromatic heterocycles. The van der Waals surface area contributed by atoms with Gasteiger partial charge in [-0.3, -0.25) is 14.4 Å². The van der Waals surface area contributed by atoms with Gasteiger partial charge in [-0.1, -0.05) is 119 Å². The van der Waals surface area contributed by atoms with Gasteiger partial charge in [0.2, 0.25) is 10.0 Å². The summed E-state index contributed by atoms with van der Waals surface area (Å²) in [4.78, 5) is 39.2. The molecule has 3 aromatic rings. The van der Waals surface area contributed by atoms with Crippen molar-refractivity contribution < 1.29 is 32.3 Å². The van der Waals surface area contributed by atoms with Crippen LogP contribution in [0.2, 0.25) is 0 Å². The van der Waals surface area contributed by atoms with Crippen LogP contribution in [0.4, 0.5) is 0 Å². The number of carbonyl (C=O) groups is 3. The summed E-state index contributed by atoms with van der Waals surface area (Å²) in [6.45, 7) is 3.80. The number of hydrogen-bond donors (Lipinski definition) is 1. The largest absolute Gasteiger partial charge is 0.465 e. The Morgan fingerprint density at radius 2 is 1.33 bits per heavy atom. The van der Waals surface area contributed by atoms with Gasteiger partial charge in [-0.15, -0.1) is 0 Å². The Kier molecular flexibility index (Phi) is 12.5. The van der Waals surface area contributed by atoms with Crippen molar-refractivity contribution in [2.75, 3.05) is 6.61 Å². The average molecular weight is 634 g/mol. The molecule has 4 rings (SSSR count). The molecule has 1 N–H and O–H groups in total. The third-order valence-electron chi connectivity index (χ3n) is 8.00. The van der Waals surface area contributed by atoms with Crippen molar-refractivity contribution in [3.63, 3.8) is 0 Å². The van der Waals surface area contributed by atoms with E-state index >= 15 is 0 Å². The first-order valence-corrected chi connectivity index (χ1v) is 17.5. The second-order valence-electron chi connectivity index (χ2n) is 11.3. The summed E-state index contributed by atoms with van der Waals surface area (Å²) >= 11 is 0. The van der Waals surface area contributed by atoms with E-state index in [2.05, 4.69) is 11.6 Å². The van der Waals surface area contributed by atoms with Crippen molar-refractivity contribution in [1.29, 1.82) is 0 Å². The first-order chi connectivity index (χ1) is 21.8. The van der Waals surface area contributed by atoms with Crippen LogP contribution in [0.5, 0.6) is 0 Å². The minimum Gasteiger partial charge on any atom is -0.465 e. The number of benzene rings is 3. The lowest BCUT2D eigenvalue weighted by molar-refractivity contribution is -0.158. The number of fused-ring (bicyclic) bond motifs is 3. The molecule has 1 aliphatic carbocycles. The van der Waals surface area contributed by atoms with Gasteiger partial charge in [0.1, 0.15) is 0 Å². The van der Waals surface area contributed by atoms with Crippen LogP contribution >= 0.6 is 0 Å². The number of esters is 2. The molecular formula is C36H43NO7S. The van der Waals surface area contributed by atoms with Gasteiger partial charge in [-0.05, 0) is 42.2 Å². The molecule has 0 amide bonds. The average Bonchev–Trinajstić information content (AvgIpc) is 3.33. The zero-order valence-electron chi connectivity index (χ0n) is 26.1. The zero-order valence-corrected chi connectivity index (χ0v) is 26.9. The SMILES string of the molecule is CCCCCCCCCCCC(=O)O[C@@H](c1ccccc1)[C@H](NS(=O)(=O)c1ccc2c(c1)C(=O)c1ccccc1-2)C(=O)OCC. The van der Waals surface area contributed by atoms with E-state index in [0.29, 0.717) is 23.1 Å². The topological polar surface area (TPSA) is 116 Å². The quantitative estimate of drug-likeness (QED) is 0.0902. The van der Waals surface area contributed by atoms with Crippen molar-refractivity contribution in [1.82, 2.24) is 4.72 Å². The number of ketones is 1. The predicted octanol–water partition coefficient (Wildman–Crippen LogP) is 7.31. The summed E-state index contributed by atoms with van der Waals surface area (Å²) in [5, 5.41) is 0. The number of hydrogen-bond acceptors (Lipinski definition) is 7. The van der Waals surface area contributed by atoms with E-state index in [-0.39, 0.29) is 29.3 Å². The number of rotatable bonds is 18. The molecule has 0 unspecified atom stereocenters. The Bertz CT molecular complexity index is 1570. The van der Waals surface area contributed by atoms with E-state index in [9.17, 15) is 22.8 Å². The normalized spacial score (nSPS) is 13.5. The zero-order chi connectivity index (χ0) is 32.2. The van der Waals surface area contributed by atoms with Gasteiger partial charge in [0.15, 0.2) is 17.9 Å². The smallest absolute Gasteiger partial charge is 0.328 e. The van der Waals surface area contributed by atoms with Crippen molar-refractivity contribution in [2.24, 2.45) is 0 Å². The van der Waals surface area contributed by atoms with E-state index in [1.165, 1.54) is 44.2 Å². The standard InChI is InChI=1S/C36H43NO7S/c1-3-5-6-7-8-9-10-11-15-22-32(38)44-35(26-18-13-12-14-19-26)33(36(40)43-4-2)37-45(41,42)27-23-24-29-28-20-16-17-21-30(28)34(39)31(29)25-27/h12-14,16-21,23-25,33,35,37H,3-11,15,22H2,1-2H3/t33-,35-/m0/s1. The van der Waals surface area contributed by atoms with Crippen molar-refractivity contribution >= 4 is 27.7 Å². The Hall–Kier alpha value is -3.82. The molecule has 3 aromatic carbocycles. The van der Waals surface area contributed by atoms with Crippen LogP contribution in [0, 0.1) is 0 Å². The van der Waals surface area contributed by atoms with Crippen molar-refractivity contribution in [3.8, 4) is 11.1 Å². The van der Waals surface area contributed by atoms with Crippen LogP contribution in [0.25, 0.3) is 11.1 Å². The van der Waals surface area contributed by atoms with E-state index in [1.807, 2.05) is 12.1 Å². The van der Waals surface area contributed by atoms with Crippen LogP contribution in [-0.4, -0.2) is 38.8 Å². The maximum absolute atomic E-state index is 13.7. The molecule has 0 saturated carbocycles. The number of nitrogens with one attached hydrogen (secondary N) is 1. The van der Waals surface area contributed by atoms with E-state index < -0.39 is 34.1 Å². The maximum atomic E-state index is 13.7. The molecule has 2 atom stereocenters. The summed E-state index contributed by atoms with van der Waals surface area (Å²) < 4.78 is 41.0. The fraction of sp³-hybridized carbons (Fsp3) is 0.417. The fourth-order valence-corrected chi connectivity index (χ4v) is 6.84. The fourth-order valence-electron chi connectivity index (χ4n) is 5.63. The van der Waals surface area contributed by atoms with Gasteiger partial charge in [-0.2, -0.15) is 4.72 Å². The van der Waals surface area contributed by atoms with Gasteiger partial charge >= 0.3 is 11.9 Å². The van der Waals surface area contributed by atoms with Gasteiger partial charge in [0, 0.05) is 17.5 Å². The minimum atomic E-state index is -4.37. The molecule has 1 aliphatic rings. The highest BCUT2D eigenvalue weighted by Gasteiger charge is 2.38. The number of ether oxygens (including phenoxy) is 2. The summed E-state index contributed by atoms with van der Waals surface area (Å²) in [6.07, 6.45) is 8.70. The van der Waals surface area contributed by atoms with E-state index in [1.54, 1.807) is 55.5 Å². The maximum Gasteiger partial charge on any atom is 0.328 e. The number of unbranched alkanes of at least 4 members (excludes halogenated alkanes) is 8. The first kappa shape index (κ1) is 34.1. The Labute approximate surface area is 266 Å². The number of sulfonamides is 1. The van der Waals surface area contributed by atoms with Crippen LogP contribution in [0.1, 0.15) is 106 Å². The van der Waals surface area contributed by atoms with Gasteiger partial charge in [0.05, 0.1) is 11.5 Å². The molecule has 45 heavy (non-hydrogen) atoms. The Balaban J connectivity index is 1.50. The van der Waals surface area contributed by atoms with Crippen LogP contribution in [0.3, 0.4) is 0 Å². The van der Waals surface area contributed by atoms with Gasteiger partial charge in [-0.25, -0.2) is 8.42 Å². The second-order valence-corrected chi connectivity index (χ2v) is 13.0. The molecule has 0 fully saturated rings. The van der Waals surface area contributed by atoms with Gasteiger partial charge < -0.3 is 9.47 Å². The van der Waals surface area contributed by atoms with Crippen molar-refractivity contribution in [2.45, 2.75) is 95.1 Å². The lowest BCUT2D eigenvalue weighted by Gasteiger charge is -2.27. The molecule has 0 heterocycles. The number of carbonyl (C=O) groups excluding carboxylic acids is 3.